The molecule has 0 aromatic heterocycles. The fourth-order valence-electron chi connectivity index (χ4n) is 2.54. The van der Waals surface area contributed by atoms with Crippen LogP contribution in [0.5, 0.6) is 5.75 Å². The SMILES string of the molecule is CCC(C(=O)Nc1ccc(OC)cc1)N(c1ccccc1)S(C)(=O)=O. The molecule has 0 saturated carbocycles. The van der Waals surface area contributed by atoms with Crippen LogP contribution in [0.15, 0.2) is 54.6 Å². The number of sulfonamides is 1. The van der Waals surface area contributed by atoms with Crippen molar-refractivity contribution in [1.82, 2.24) is 0 Å². The van der Waals surface area contributed by atoms with Crippen molar-refractivity contribution >= 4 is 27.3 Å². The van der Waals surface area contributed by atoms with E-state index in [2.05, 4.69) is 5.32 Å². The second kappa shape index (κ2) is 8.02. The van der Waals surface area contributed by atoms with Crippen molar-refractivity contribution in [3.63, 3.8) is 0 Å². The number of rotatable bonds is 7. The Balaban J connectivity index is 2.29. The number of hydrogen-bond donors (Lipinski definition) is 1. The summed E-state index contributed by atoms with van der Waals surface area (Å²) in [5.74, 6) is 0.286. The number of amides is 1. The van der Waals surface area contributed by atoms with Crippen LogP contribution in [0.3, 0.4) is 0 Å². The minimum absolute atomic E-state index is 0.337. The first-order chi connectivity index (χ1) is 11.9. The molecule has 1 N–H and O–H groups in total. The van der Waals surface area contributed by atoms with Crippen LogP contribution in [-0.2, 0) is 14.8 Å². The van der Waals surface area contributed by atoms with Gasteiger partial charge in [0.2, 0.25) is 15.9 Å². The van der Waals surface area contributed by atoms with Gasteiger partial charge in [-0.05, 0) is 42.8 Å². The van der Waals surface area contributed by atoms with Gasteiger partial charge in [-0.1, -0.05) is 25.1 Å². The number of para-hydroxylation sites is 1. The van der Waals surface area contributed by atoms with Gasteiger partial charge < -0.3 is 10.1 Å². The largest absolute Gasteiger partial charge is 0.497 e. The predicted molar refractivity (Wildman–Crippen MR) is 99.5 cm³/mol. The van der Waals surface area contributed by atoms with E-state index in [-0.39, 0.29) is 5.91 Å². The molecule has 0 heterocycles. The van der Waals surface area contributed by atoms with Gasteiger partial charge in [0, 0.05) is 5.69 Å². The zero-order valence-electron chi connectivity index (χ0n) is 14.5. The highest BCUT2D eigenvalue weighted by Crippen LogP contribution is 2.23. The minimum atomic E-state index is -3.62. The number of carbonyl (C=O) groups excluding carboxylic acids is 1. The van der Waals surface area contributed by atoms with E-state index in [1.54, 1.807) is 68.6 Å². The Kier molecular flexibility index (Phi) is 6.03. The second-order valence-corrected chi connectivity index (χ2v) is 7.40. The molecule has 0 bridgehead atoms. The Bertz CT molecular complexity index is 805. The highest BCUT2D eigenvalue weighted by atomic mass is 32.2. The molecule has 25 heavy (non-hydrogen) atoms. The van der Waals surface area contributed by atoms with Gasteiger partial charge in [0.15, 0.2) is 0 Å². The van der Waals surface area contributed by atoms with Crippen molar-refractivity contribution in [3.05, 3.63) is 54.6 Å². The highest BCUT2D eigenvalue weighted by molar-refractivity contribution is 7.92. The quantitative estimate of drug-likeness (QED) is 0.822. The van der Waals surface area contributed by atoms with Crippen molar-refractivity contribution in [2.24, 2.45) is 0 Å². The van der Waals surface area contributed by atoms with E-state index in [0.29, 0.717) is 23.5 Å². The van der Waals surface area contributed by atoms with Crippen molar-refractivity contribution in [3.8, 4) is 5.75 Å². The number of carbonyl (C=O) groups is 1. The number of benzene rings is 2. The Morgan fingerprint density at radius 2 is 1.72 bits per heavy atom. The summed E-state index contributed by atoms with van der Waals surface area (Å²) in [6.07, 6.45) is 1.44. The fraction of sp³-hybridized carbons (Fsp3) is 0.278. The number of methoxy groups -OCH3 is 1. The molecule has 2 aromatic carbocycles. The van der Waals surface area contributed by atoms with Gasteiger partial charge >= 0.3 is 0 Å². The molecule has 0 radical (unpaired) electrons. The number of nitrogens with one attached hydrogen (secondary N) is 1. The van der Waals surface area contributed by atoms with Gasteiger partial charge in [0.25, 0.3) is 0 Å². The Hall–Kier alpha value is -2.54. The Morgan fingerprint density at radius 3 is 2.20 bits per heavy atom. The number of nitrogens with zero attached hydrogens (tertiary/aromatic N) is 1. The molecule has 1 unspecified atom stereocenters. The van der Waals surface area contributed by atoms with Crippen LogP contribution in [-0.4, -0.2) is 33.7 Å². The van der Waals surface area contributed by atoms with Gasteiger partial charge in [-0.2, -0.15) is 0 Å². The first-order valence-corrected chi connectivity index (χ1v) is 9.71. The summed E-state index contributed by atoms with van der Waals surface area (Å²) in [6.45, 7) is 1.78. The van der Waals surface area contributed by atoms with E-state index < -0.39 is 16.1 Å². The van der Waals surface area contributed by atoms with Crippen molar-refractivity contribution < 1.29 is 17.9 Å². The summed E-state index contributed by atoms with van der Waals surface area (Å²) >= 11 is 0. The van der Waals surface area contributed by atoms with Crippen LogP contribution in [0.2, 0.25) is 0 Å². The molecule has 0 aliphatic carbocycles. The molecule has 7 heteroatoms. The molecule has 0 fully saturated rings. The van der Waals surface area contributed by atoms with Crippen LogP contribution in [0.4, 0.5) is 11.4 Å². The summed E-state index contributed by atoms with van der Waals surface area (Å²) in [6, 6.07) is 14.6. The van der Waals surface area contributed by atoms with E-state index in [1.807, 2.05) is 0 Å². The molecule has 0 aliphatic heterocycles. The zero-order chi connectivity index (χ0) is 18.4. The third-order valence-electron chi connectivity index (χ3n) is 3.70. The molecule has 2 rings (SSSR count). The second-order valence-electron chi connectivity index (χ2n) is 5.54. The first-order valence-electron chi connectivity index (χ1n) is 7.86. The lowest BCUT2D eigenvalue weighted by Gasteiger charge is -2.30. The van der Waals surface area contributed by atoms with E-state index in [0.717, 1.165) is 10.6 Å². The average Bonchev–Trinajstić information content (AvgIpc) is 2.59. The molecule has 1 amide bonds. The molecule has 6 nitrogen and oxygen atoms in total. The lowest BCUT2D eigenvalue weighted by atomic mass is 10.2. The van der Waals surface area contributed by atoms with Crippen molar-refractivity contribution in [2.75, 3.05) is 23.0 Å². The first kappa shape index (κ1) is 18.8. The van der Waals surface area contributed by atoms with Crippen LogP contribution in [0.1, 0.15) is 13.3 Å². The van der Waals surface area contributed by atoms with Gasteiger partial charge in [0.1, 0.15) is 11.8 Å². The van der Waals surface area contributed by atoms with E-state index >= 15 is 0 Å². The zero-order valence-corrected chi connectivity index (χ0v) is 15.3. The minimum Gasteiger partial charge on any atom is -0.497 e. The molecule has 1 atom stereocenters. The maximum atomic E-state index is 12.7. The van der Waals surface area contributed by atoms with Crippen LogP contribution in [0, 0.1) is 0 Å². The summed E-state index contributed by atoms with van der Waals surface area (Å²) in [7, 11) is -2.06. The van der Waals surface area contributed by atoms with E-state index in [9.17, 15) is 13.2 Å². The highest BCUT2D eigenvalue weighted by Gasteiger charge is 2.31. The number of anilines is 2. The van der Waals surface area contributed by atoms with Crippen molar-refractivity contribution in [2.45, 2.75) is 19.4 Å². The lowest BCUT2D eigenvalue weighted by molar-refractivity contribution is -0.117. The molecule has 134 valence electrons. The molecule has 0 aliphatic rings. The van der Waals surface area contributed by atoms with E-state index in [4.69, 9.17) is 4.74 Å². The molecular formula is C18H22N2O4S. The number of hydrogen-bond acceptors (Lipinski definition) is 4. The topological polar surface area (TPSA) is 75.7 Å². The maximum absolute atomic E-state index is 12.7. The fourth-order valence-corrected chi connectivity index (χ4v) is 3.75. The standard InChI is InChI=1S/C18H22N2O4S/c1-4-17(18(21)19-14-10-12-16(24-2)13-11-14)20(25(3,22)23)15-8-6-5-7-9-15/h5-13,17H,4H2,1-3H3,(H,19,21). The van der Waals surface area contributed by atoms with Gasteiger partial charge in [-0.25, -0.2) is 8.42 Å². The normalized spacial score (nSPS) is 12.3. The molecule has 2 aromatic rings. The number of ether oxygens (including phenoxy) is 1. The maximum Gasteiger partial charge on any atom is 0.248 e. The third kappa shape index (κ3) is 4.73. The van der Waals surface area contributed by atoms with Crippen LogP contribution in [0.25, 0.3) is 0 Å². The summed E-state index contributed by atoms with van der Waals surface area (Å²) in [5.41, 5.74) is 1.03. The summed E-state index contributed by atoms with van der Waals surface area (Å²) < 4.78 is 30.8. The smallest absolute Gasteiger partial charge is 0.248 e. The van der Waals surface area contributed by atoms with E-state index in [1.165, 1.54) is 0 Å². The summed E-state index contributed by atoms with van der Waals surface area (Å²) in [4.78, 5) is 12.7. The Morgan fingerprint density at radius 1 is 1.12 bits per heavy atom. The Labute approximate surface area is 148 Å². The molecule has 0 spiro atoms. The van der Waals surface area contributed by atoms with Crippen LogP contribution >= 0.6 is 0 Å². The third-order valence-corrected chi connectivity index (χ3v) is 4.88. The van der Waals surface area contributed by atoms with Gasteiger partial charge in [-0.15, -0.1) is 0 Å². The predicted octanol–water partition coefficient (Wildman–Crippen LogP) is 2.88. The lowest BCUT2D eigenvalue weighted by Crippen LogP contribution is -2.46. The molecular weight excluding hydrogens is 340 g/mol. The molecule has 0 saturated heterocycles. The van der Waals surface area contributed by atoms with Crippen LogP contribution < -0.4 is 14.4 Å². The van der Waals surface area contributed by atoms with Gasteiger partial charge in [0.05, 0.1) is 19.1 Å². The summed E-state index contributed by atoms with van der Waals surface area (Å²) in [5, 5.41) is 2.77. The van der Waals surface area contributed by atoms with Crippen molar-refractivity contribution in [1.29, 1.82) is 0 Å². The van der Waals surface area contributed by atoms with Gasteiger partial charge in [-0.3, -0.25) is 9.10 Å². The monoisotopic (exact) mass is 362 g/mol. The average molecular weight is 362 g/mol.